The fraction of sp³-hybridized carbons (Fsp3) is 0.206. The second-order valence-corrected chi connectivity index (χ2v) is 15.7. The van der Waals surface area contributed by atoms with Crippen molar-refractivity contribution in [1.29, 1.82) is 0 Å². The van der Waals surface area contributed by atoms with E-state index in [2.05, 4.69) is 58.9 Å². The minimum atomic E-state index is -2.29. The Morgan fingerprint density at radius 3 is 2.42 bits per heavy atom. The maximum absolute atomic E-state index is 8.24. The van der Waals surface area contributed by atoms with E-state index in [0.29, 0.717) is 16.8 Å². The van der Waals surface area contributed by atoms with Crippen LogP contribution in [0.25, 0.3) is 44.6 Å². The van der Waals surface area contributed by atoms with Gasteiger partial charge in [0.15, 0.2) is 0 Å². The second-order valence-electron chi connectivity index (χ2n) is 10.6. The van der Waals surface area contributed by atoms with Crippen LogP contribution < -0.4 is 5.19 Å². The Morgan fingerprint density at radius 1 is 0.900 bits per heavy atom. The van der Waals surface area contributed by atoms with Crippen molar-refractivity contribution in [3.8, 4) is 22.5 Å². The van der Waals surface area contributed by atoms with Gasteiger partial charge in [0.2, 0.25) is 5.71 Å². The molecular formula is C34H33IrN3OSi-2. The van der Waals surface area contributed by atoms with Crippen molar-refractivity contribution >= 4 is 35.3 Å². The number of pyridine rings is 3. The largest absolute Gasteiger partial charge is 0.486 e. The van der Waals surface area contributed by atoms with Crippen LogP contribution in [0.3, 0.4) is 0 Å². The normalized spacial score (nSPS) is 13.3. The first-order valence-corrected chi connectivity index (χ1v) is 16.4. The predicted molar refractivity (Wildman–Crippen MR) is 164 cm³/mol. The van der Waals surface area contributed by atoms with E-state index in [4.69, 9.17) is 9.90 Å². The Hall–Kier alpha value is -3.44. The van der Waals surface area contributed by atoms with E-state index in [1.165, 1.54) is 11.3 Å². The summed E-state index contributed by atoms with van der Waals surface area (Å²) >= 11 is 0. The number of furan rings is 1. The van der Waals surface area contributed by atoms with Crippen LogP contribution in [0.4, 0.5) is 0 Å². The molecule has 40 heavy (non-hydrogen) atoms. The zero-order valence-corrected chi connectivity index (χ0v) is 26.6. The van der Waals surface area contributed by atoms with Crippen LogP contribution in [0, 0.1) is 19.0 Å². The van der Waals surface area contributed by atoms with Gasteiger partial charge in [-0.1, -0.05) is 68.2 Å². The number of hydrogen-bond donors (Lipinski definition) is 0. The Morgan fingerprint density at radius 2 is 1.75 bits per heavy atom. The first kappa shape index (κ1) is 24.4. The molecule has 6 heteroatoms. The molecule has 4 aromatic heterocycles. The van der Waals surface area contributed by atoms with Gasteiger partial charge in [-0.25, -0.2) is 4.98 Å². The van der Waals surface area contributed by atoms with E-state index in [-0.39, 0.29) is 31.5 Å². The molecule has 4 nitrogen and oxygen atoms in total. The summed E-state index contributed by atoms with van der Waals surface area (Å²) in [5.74, 6) is -0.754. The zero-order chi connectivity index (χ0) is 31.0. The molecule has 0 amide bonds. The van der Waals surface area contributed by atoms with Gasteiger partial charge < -0.3 is 14.4 Å². The van der Waals surface area contributed by atoms with Crippen LogP contribution in [0.2, 0.25) is 19.6 Å². The molecular weight excluding hydrogens is 687 g/mol. The molecule has 1 radical (unpaired) electrons. The SMILES string of the molecule is C[Si](C)(C)c1ccc(-c2[c-]cccc2)nc1.[2H]C([2H])([2H])c1ccc2c(n1)oc1c(-c3cc(C([2H])(C)C)ccn3)[c-]ccc12.[Ir]. The molecule has 0 aliphatic carbocycles. The van der Waals surface area contributed by atoms with Gasteiger partial charge in [0.1, 0.15) is 0 Å². The van der Waals surface area contributed by atoms with E-state index in [1.807, 2.05) is 62.5 Å². The van der Waals surface area contributed by atoms with Crippen LogP contribution in [0.15, 0.2) is 89.6 Å². The third-order valence-electron chi connectivity index (χ3n) is 6.51. The number of nitrogens with zero attached hydrogens (tertiary/aromatic N) is 3. The van der Waals surface area contributed by atoms with Crippen LogP contribution in [0.1, 0.15) is 36.5 Å². The summed E-state index contributed by atoms with van der Waals surface area (Å²) in [6, 6.07) is 29.1. The summed E-state index contributed by atoms with van der Waals surface area (Å²) in [4.78, 5) is 13.1. The Labute approximate surface area is 256 Å². The van der Waals surface area contributed by atoms with Crippen LogP contribution in [-0.4, -0.2) is 23.0 Å². The van der Waals surface area contributed by atoms with Crippen molar-refractivity contribution in [1.82, 2.24) is 15.0 Å². The molecule has 0 spiro atoms. The minimum Gasteiger partial charge on any atom is -0.486 e. The summed E-state index contributed by atoms with van der Waals surface area (Å²) in [7, 11) is -1.23. The Balaban J connectivity index is 0.000000223. The average Bonchev–Trinajstić information content (AvgIpc) is 3.35. The molecule has 0 N–H and O–H groups in total. The van der Waals surface area contributed by atoms with Gasteiger partial charge in [0.05, 0.1) is 13.7 Å². The molecule has 0 atom stereocenters. The van der Waals surface area contributed by atoms with Gasteiger partial charge >= 0.3 is 0 Å². The van der Waals surface area contributed by atoms with Crippen molar-refractivity contribution in [2.45, 2.75) is 46.2 Å². The molecule has 6 rings (SSSR count). The number of fused-ring (bicyclic) bond motifs is 3. The number of rotatable bonds is 4. The zero-order valence-electron chi connectivity index (χ0n) is 27.2. The first-order valence-electron chi connectivity index (χ1n) is 14.9. The third kappa shape index (κ3) is 6.47. The molecule has 0 fully saturated rings. The molecule has 0 aliphatic heterocycles. The molecule has 2 aromatic carbocycles. The third-order valence-corrected chi connectivity index (χ3v) is 8.53. The fourth-order valence-electron chi connectivity index (χ4n) is 4.24. The van der Waals surface area contributed by atoms with Crippen molar-refractivity contribution in [2.75, 3.05) is 0 Å². The van der Waals surface area contributed by atoms with E-state index in [0.717, 1.165) is 27.6 Å². The molecule has 0 unspecified atom stereocenters. The quantitative estimate of drug-likeness (QED) is 0.136. The summed E-state index contributed by atoms with van der Waals surface area (Å²) < 4.78 is 36.8. The topological polar surface area (TPSA) is 51.8 Å². The molecule has 6 aromatic rings. The van der Waals surface area contributed by atoms with Crippen molar-refractivity contribution in [3.63, 3.8) is 0 Å². The summed E-state index contributed by atoms with van der Waals surface area (Å²) in [5, 5.41) is 2.96. The van der Waals surface area contributed by atoms with E-state index in [9.17, 15) is 0 Å². The van der Waals surface area contributed by atoms with E-state index >= 15 is 0 Å². The average molecular weight is 724 g/mol. The first-order chi connectivity index (χ1) is 20.2. The van der Waals surface area contributed by atoms with Gasteiger partial charge in [-0.05, 0) is 47.5 Å². The number of benzene rings is 2. The van der Waals surface area contributed by atoms with Gasteiger partial charge in [0, 0.05) is 49.1 Å². The fourth-order valence-corrected chi connectivity index (χ4v) is 5.28. The number of hydrogen-bond acceptors (Lipinski definition) is 4. The van der Waals surface area contributed by atoms with Crippen LogP contribution in [-0.2, 0) is 20.1 Å². The monoisotopic (exact) mass is 724 g/mol. The standard InChI is InChI=1S/C20H17N2O.C14H16NSi.Ir/c1-12(2)14-9-10-21-18(11-14)17-6-4-5-15-16-8-7-13(3)22-20(16)23-19(15)17;1-16(2,3)13-9-10-14(15-11-13)12-7-5-4-6-8-12;/h4-5,7-12H,1-3H3;4-7,9-11H,1-3H3;/q2*-1;/i3D3,12D;;. The second kappa shape index (κ2) is 12.4. The van der Waals surface area contributed by atoms with Gasteiger partial charge in [-0.2, -0.15) is 0 Å². The Kier molecular flexibility index (Phi) is 7.54. The molecule has 0 saturated heterocycles. The van der Waals surface area contributed by atoms with Crippen molar-refractivity contribution < 1.29 is 30.0 Å². The van der Waals surface area contributed by atoms with Crippen molar-refractivity contribution in [3.05, 3.63) is 109 Å². The number of aryl methyl sites for hydroxylation is 1. The summed E-state index contributed by atoms with van der Waals surface area (Å²) in [6.07, 6.45) is 3.68. The van der Waals surface area contributed by atoms with Crippen molar-refractivity contribution in [2.24, 2.45) is 0 Å². The van der Waals surface area contributed by atoms with E-state index < -0.39 is 20.8 Å². The molecule has 0 aliphatic rings. The van der Waals surface area contributed by atoms with Crippen LogP contribution in [0.5, 0.6) is 0 Å². The summed E-state index contributed by atoms with van der Waals surface area (Å²) in [5.41, 5.74) is 5.02. The maximum Gasteiger partial charge on any atom is 0.216 e. The maximum atomic E-state index is 8.24. The number of aromatic nitrogens is 3. The van der Waals surface area contributed by atoms with Crippen LogP contribution >= 0.6 is 0 Å². The predicted octanol–water partition coefficient (Wildman–Crippen LogP) is 8.37. The molecule has 0 bridgehead atoms. The Bertz CT molecular complexity index is 1880. The molecule has 205 valence electrons. The molecule has 0 saturated carbocycles. The van der Waals surface area contributed by atoms with E-state index in [1.54, 1.807) is 18.3 Å². The van der Waals surface area contributed by atoms with Gasteiger partial charge in [-0.3, -0.25) is 0 Å². The van der Waals surface area contributed by atoms with Gasteiger partial charge in [-0.15, -0.1) is 54.1 Å². The minimum absolute atomic E-state index is 0. The summed E-state index contributed by atoms with van der Waals surface area (Å²) in [6.45, 7) is 8.34. The smallest absolute Gasteiger partial charge is 0.216 e. The van der Waals surface area contributed by atoms with Gasteiger partial charge in [0.25, 0.3) is 0 Å². The molecule has 4 heterocycles.